The molecule has 20 heavy (non-hydrogen) atoms. The van der Waals surface area contributed by atoms with E-state index in [1.54, 1.807) is 12.3 Å². The SMILES string of the molecule is CCc1ccc(C(=O)/C=C/Nc2cccc(C)c2)cc1. The minimum atomic E-state index is 0.00723. The molecule has 0 saturated heterocycles. The highest BCUT2D eigenvalue weighted by Gasteiger charge is 2.00. The van der Waals surface area contributed by atoms with Crippen molar-refractivity contribution in [2.75, 3.05) is 5.32 Å². The first-order valence-electron chi connectivity index (χ1n) is 6.82. The monoisotopic (exact) mass is 265 g/mol. The summed E-state index contributed by atoms with van der Waals surface area (Å²) in [4.78, 5) is 12.0. The summed E-state index contributed by atoms with van der Waals surface area (Å²) in [6.07, 6.45) is 4.23. The summed E-state index contributed by atoms with van der Waals surface area (Å²) in [7, 11) is 0. The van der Waals surface area contributed by atoms with Crippen LogP contribution in [-0.2, 0) is 6.42 Å². The van der Waals surface area contributed by atoms with E-state index in [1.165, 1.54) is 11.1 Å². The molecule has 0 aromatic heterocycles. The quantitative estimate of drug-likeness (QED) is 0.642. The Kier molecular flexibility index (Phi) is 4.72. The first-order valence-corrected chi connectivity index (χ1v) is 6.82. The molecule has 0 atom stereocenters. The van der Waals surface area contributed by atoms with Crippen molar-refractivity contribution >= 4 is 11.5 Å². The van der Waals surface area contributed by atoms with Gasteiger partial charge in [0.2, 0.25) is 0 Å². The zero-order valence-electron chi connectivity index (χ0n) is 11.9. The van der Waals surface area contributed by atoms with Crippen LogP contribution in [0.5, 0.6) is 0 Å². The number of aryl methyl sites for hydroxylation is 2. The van der Waals surface area contributed by atoms with Crippen LogP contribution in [-0.4, -0.2) is 5.78 Å². The molecule has 0 spiro atoms. The van der Waals surface area contributed by atoms with E-state index in [4.69, 9.17) is 0 Å². The molecule has 2 aromatic carbocycles. The lowest BCUT2D eigenvalue weighted by molar-refractivity contribution is 0.104. The van der Waals surface area contributed by atoms with Crippen LogP contribution in [0.3, 0.4) is 0 Å². The van der Waals surface area contributed by atoms with Crippen molar-refractivity contribution in [1.82, 2.24) is 0 Å². The second-order valence-corrected chi connectivity index (χ2v) is 4.76. The van der Waals surface area contributed by atoms with Crippen LogP contribution < -0.4 is 5.32 Å². The van der Waals surface area contributed by atoms with Crippen LogP contribution in [0.1, 0.15) is 28.4 Å². The molecule has 0 aliphatic carbocycles. The van der Waals surface area contributed by atoms with Gasteiger partial charge in [0.05, 0.1) is 0 Å². The van der Waals surface area contributed by atoms with E-state index in [0.717, 1.165) is 12.1 Å². The minimum Gasteiger partial charge on any atom is -0.362 e. The van der Waals surface area contributed by atoms with E-state index in [9.17, 15) is 4.79 Å². The highest BCUT2D eigenvalue weighted by molar-refractivity contribution is 6.04. The molecule has 0 unspecified atom stereocenters. The Morgan fingerprint density at radius 1 is 1.15 bits per heavy atom. The number of anilines is 1. The van der Waals surface area contributed by atoms with Crippen LogP contribution >= 0.6 is 0 Å². The fourth-order valence-corrected chi connectivity index (χ4v) is 1.95. The molecule has 0 aliphatic rings. The Hall–Kier alpha value is -2.35. The largest absolute Gasteiger partial charge is 0.362 e. The summed E-state index contributed by atoms with van der Waals surface area (Å²) in [5, 5.41) is 3.11. The molecule has 0 fully saturated rings. The molecular formula is C18H19NO. The van der Waals surface area contributed by atoms with Gasteiger partial charge in [0.15, 0.2) is 5.78 Å². The molecule has 2 heteroatoms. The maximum Gasteiger partial charge on any atom is 0.187 e. The van der Waals surface area contributed by atoms with Gasteiger partial charge in [-0.25, -0.2) is 0 Å². The highest BCUT2D eigenvalue weighted by atomic mass is 16.1. The Bertz CT molecular complexity index is 612. The number of rotatable bonds is 5. The van der Waals surface area contributed by atoms with Crippen LogP contribution in [0.4, 0.5) is 5.69 Å². The van der Waals surface area contributed by atoms with E-state index in [2.05, 4.69) is 12.2 Å². The summed E-state index contributed by atoms with van der Waals surface area (Å²) in [5.74, 6) is 0.00723. The zero-order chi connectivity index (χ0) is 14.4. The number of carbonyl (C=O) groups is 1. The number of hydrogen-bond acceptors (Lipinski definition) is 2. The van der Waals surface area contributed by atoms with Gasteiger partial charge >= 0.3 is 0 Å². The Labute approximate surface area is 120 Å². The second-order valence-electron chi connectivity index (χ2n) is 4.76. The number of allylic oxidation sites excluding steroid dienone is 1. The Balaban J connectivity index is 1.98. The van der Waals surface area contributed by atoms with Crippen molar-refractivity contribution in [3.8, 4) is 0 Å². The summed E-state index contributed by atoms with van der Waals surface area (Å²) >= 11 is 0. The van der Waals surface area contributed by atoms with Gasteiger partial charge in [-0.2, -0.15) is 0 Å². The molecule has 2 aromatic rings. The summed E-state index contributed by atoms with van der Waals surface area (Å²) in [6.45, 7) is 4.14. The second kappa shape index (κ2) is 6.71. The van der Waals surface area contributed by atoms with Crippen LogP contribution in [0.15, 0.2) is 60.8 Å². The lowest BCUT2D eigenvalue weighted by Crippen LogP contribution is -1.96. The molecule has 2 nitrogen and oxygen atoms in total. The number of nitrogens with one attached hydrogen (secondary N) is 1. The fourth-order valence-electron chi connectivity index (χ4n) is 1.95. The summed E-state index contributed by atoms with van der Waals surface area (Å²) in [5.41, 5.74) is 4.12. The van der Waals surface area contributed by atoms with E-state index < -0.39 is 0 Å². The average Bonchev–Trinajstić information content (AvgIpc) is 2.47. The minimum absolute atomic E-state index is 0.00723. The first kappa shape index (κ1) is 14.1. The predicted molar refractivity (Wildman–Crippen MR) is 84.1 cm³/mol. The van der Waals surface area contributed by atoms with Gasteiger partial charge in [0.1, 0.15) is 0 Å². The Morgan fingerprint density at radius 2 is 1.90 bits per heavy atom. The van der Waals surface area contributed by atoms with Crippen molar-refractivity contribution in [3.63, 3.8) is 0 Å². The molecular weight excluding hydrogens is 246 g/mol. The van der Waals surface area contributed by atoms with Crippen molar-refractivity contribution in [2.45, 2.75) is 20.3 Å². The number of carbonyl (C=O) groups excluding carboxylic acids is 1. The molecule has 0 saturated carbocycles. The lowest BCUT2D eigenvalue weighted by Gasteiger charge is -2.02. The van der Waals surface area contributed by atoms with Gasteiger partial charge in [0, 0.05) is 23.5 Å². The molecule has 102 valence electrons. The Morgan fingerprint density at radius 3 is 2.55 bits per heavy atom. The zero-order valence-corrected chi connectivity index (χ0v) is 11.9. The molecule has 0 amide bonds. The maximum atomic E-state index is 12.0. The van der Waals surface area contributed by atoms with Crippen LogP contribution in [0.25, 0.3) is 0 Å². The number of hydrogen-bond donors (Lipinski definition) is 1. The van der Waals surface area contributed by atoms with E-state index in [0.29, 0.717) is 5.56 Å². The standard InChI is InChI=1S/C18H19NO/c1-3-15-7-9-16(10-8-15)18(20)11-12-19-17-6-4-5-14(2)13-17/h4-13,19H,3H2,1-2H3/b12-11+. The van der Waals surface area contributed by atoms with Crippen LogP contribution in [0, 0.1) is 6.92 Å². The van der Waals surface area contributed by atoms with E-state index in [1.807, 2.05) is 55.5 Å². The van der Waals surface area contributed by atoms with E-state index >= 15 is 0 Å². The van der Waals surface area contributed by atoms with Gasteiger partial charge in [0.25, 0.3) is 0 Å². The first-order chi connectivity index (χ1) is 9.69. The molecule has 0 radical (unpaired) electrons. The normalized spacial score (nSPS) is 10.7. The number of ketones is 1. The average molecular weight is 265 g/mol. The van der Waals surface area contributed by atoms with E-state index in [-0.39, 0.29) is 5.78 Å². The topological polar surface area (TPSA) is 29.1 Å². The van der Waals surface area contributed by atoms with Gasteiger partial charge in [-0.1, -0.05) is 43.3 Å². The molecule has 0 heterocycles. The van der Waals surface area contributed by atoms with Gasteiger partial charge in [-0.05, 0) is 36.6 Å². The van der Waals surface area contributed by atoms with Crippen molar-refractivity contribution in [2.24, 2.45) is 0 Å². The highest BCUT2D eigenvalue weighted by Crippen LogP contribution is 2.10. The summed E-state index contributed by atoms with van der Waals surface area (Å²) in [6, 6.07) is 15.8. The van der Waals surface area contributed by atoms with Gasteiger partial charge in [-0.15, -0.1) is 0 Å². The van der Waals surface area contributed by atoms with Crippen molar-refractivity contribution in [3.05, 3.63) is 77.5 Å². The van der Waals surface area contributed by atoms with Gasteiger partial charge < -0.3 is 5.32 Å². The third-order valence-electron chi connectivity index (χ3n) is 3.15. The fraction of sp³-hybridized carbons (Fsp3) is 0.167. The van der Waals surface area contributed by atoms with Crippen LogP contribution in [0.2, 0.25) is 0 Å². The summed E-state index contributed by atoms with van der Waals surface area (Å²) < 4.78 is 0. The molecule has 2 rings (SSSR count). The third kappa shape index (κ3) is 3.82. The van der Waals surface area contributed by atoms with Crippen molar-refractivity contribution in [1.29, 1.82) is 0 Å². The molecule has 0 bridgehead atoms. The number of benzene rings is 2. The molecule has 1 N–H and O–H groups in total. The smallest absolute Gasteiger partial charge is 0.187 e. The molecule has 0 aliphatic heterocycles. The van der Waals surface area contributed by atoms with Crippen molar-refractivity contribution < 1.29 is 4.79 Å². The third-order valence-corrected chi connectivity index (χ3v) is 3.15. The van der Waals surface area contributed by atoms with Gasteiger partial charge in [-0.3, -0.25) is 4.79 Å². The maximum absolute atomic E-state index is 12.0. The predicted octanol–water partition coefficient (Wildman–Crippen LogP) is 4.37. The lowest BCUT2D eigenvalue weighted by atomic mass is 10.1.